The van der Waals surface area contributed by atoms with Gasteiger partial charge < -0.3 is 19.9 Å². The number of ether oxygens (including phenoxy) is 2. The first-order chi connectivity index (χ1) is 20.5. The second kappa shape index (κ2) is 14.7. The van der Waals surface area contributed by atoms with Crippen LogP contribution >= 0.6 is 11.6 Å². The zero-order valence-electron chi connectivity index (χ0n) is 24.2. The van der Waals surface area contributed by atoms with Gasteiger partial charge in [0.25, 0.3) is 5.91 Å². The monoisotopic (exact) mass is 585 g/mol. The van der Waals surface area contributed by atoms with Gasteiger partial charge in [-0.15, -0.1) is 0 Å². The molecule has 4 atom stereocenters. The number of allylic oxidation sites excluding steroid dienone is 4. The van der Waals surface area contributed by atoms with E-state index >= 15 is 0 Å². The highest BCUT2D eigenvalue weighted by atomic mass is 35.5. The number of hydrogen-bond acceptors (Lipinski definition) is 4. The van der Waals surface area contributed by atoms with Gasteiger partial charge in [-0.25, -0.2) is 0 Å². The van der Waals surface area contributed by atoms with E-state index < -0.39 is 6.10 Å². The molecule has 0 bridgehead atoms. The standard InChI is InChI=1S/C36H40ClNO4/c1-2-41-32-17-14-26(15-18-32)20-29-22-28(16-19-34(29)37)35-24-31(39)23-33(42-35)13-7-9-25-8-6-12-30(21-25)38-36(40)27-10-4-3-5-11-27/h3-6,8,10-12,14-19,22,25,31,33,35,39H,2,7,9,13,20-21,23-24H2,1H3,(H,38,40). The number of hydrogen-bond donors (Lipinski definition) is 2. The van der Waals surface area contributed by atoms with Crippen LogP contribution in [0, 0.1) is 5.92 Å². The largest absolute Gasteiger partial charge is 0.494 e. The fourth-order valence-corrected chi connectivity index (χ4v) is 6.05. The highest BCUT2D eigenvalue weighted by molar-refractivity contribution is 6.31. The van der Waals surface area contributed by atoms with Gasteiger partial charge in [-0.1, -0.05) is 72.6 Å². The zero-order chi connectivity index (χ0) is 29.3. The summed E-state index contributed by atoms with van der Waals surface area (Å²) in [4.78, 5) is 12.6. The van der Waals surface area contributed by atoms with E-state index in [4.69, 9.17) is 21.1 Å². The first-order valence-corrected chi connectivity index (χ1v) is 15.4. The topological polar surface area (TPSA) is 67.8 Å². The van der Waals surface area contributed by atoms with Crippen molar-refractivity contribution in [3.63, 3.8) is 0 Å². The molecule has 3 aromatic rings. The van der Waals surface area contributed by atoms with Crippen molar-refractivity contribution in [3.05, 3.63) is 124 Å². The molecule has 2 N–H and O–H groups in total. The summed E-state index contributed by atoms with van der Waals surface area (Å²) in [5.74, 6) is 1.16. The summed E-state index contributed by atoms with van der Waals surface area (Å²) in [6.07, 6.45) is 11.3. The van der Waals surface area contributed by atoms with Crippen molar-refractivity contribution in [3.8, 4) is 5.75 Å². The third-order valence-electron chi connectivity index (χ3n) is 8.02. The Hall–Kier alpha value is -3.38. The maximum atomic E-state index is 12.6. The molecule has 1 fully saturated rings. The zero-order valence-corrected chi connectivity index (χ0v) is 24.9. The lowest BCUT2D eigenvalue weighted by molar-refractivity contribution is -0.101. The summed E-state index contributed by atoms with van der Waals surface area (Å²) >= 11 is 6.59. The van der Waals surface area contributed by atoms with Gasteiger partial charge in [0.05, 0.1) is 24.9 Å². The number of aliphatic hydroxyl groups excluding tert-OH is 1. The lowest BCUT2D eigenvalue weighted by Gasteiger charge is -2.34. The predicted octanol–water partition coefficient (Wildman–Crippen LogP) is 7.97. The van der Waals surface area contributed by atoms with E-state index in [2.05, 4.69) is 29.6 Å². The third-order valence-corrected chi connectivity index (χ3v) is 8.39. The number of aliphatic hydroxyl groups is 1. The Morgan fingerprint density at radius 1 is 1.05 bits per heavy atom. The van der Waals surface area contributed by atoms with Crippen LogP contribution in [-0.4, -0.2) is 29.8 Å². The molecule has 220 valence electrons. The quantitative estimate of drug-likeness (QED) is 0.239. The molecular weight excluding hydrogens is 546 g/mol. The van der Waals surface area contributed by atoms with Crippen LogP contribution < -0.4 is 10.1 Å². The summed E-state index contributed by atoms with van der Waals surface area (Å²) in [6, 6.07) is 23.5. The second-order valence-electron chi connectivity index (χ2n) is 11.3. The minimum Gasteiger partial charge on any atom is -0.494 e. The predicted molar refractivity (Wildman–Crippen MR) is 168 cm³/mol. The molecule has 6 heteroatoms. The average Bonchev–Trinajstić information content (AvgIpc) is 3.00. The van der Waals surface area contributed by atoms with Crippen molar-refractivity contribution in [2.45, 2.75) is 70.2 Å². The van der Waals surface area contributed by atoms with Gasteiger partial charge in [0.2, 0.25) is 0 Å². The van der Waals surface area contributed by atoms with Gasteiger partial charge >= 0.3 is 0 Å². The lowest BCUT2D eigenvalue weighted by Crippen LogP contribution is -2.31. The summed E-state index contributed by atoms with van der Waals surface area (Å²) < 4.78 is 12.1. The molecule has 1 amide bonds. The molecule has 1 aliphatic carbocycles. The van der Waals surface area contributed by atoms with Crippen LogP contribution in [0.5, 0.6) is 5.75 Å². The summed E-state index contributed by atoms with van der Waals surface area (Å²) in [7, 11) is 0. The summed E-state index contributed by atoms with van der Waals surface area (Å²) in [6.45, 7) is 2.62. The molecule has 4 unspecified atom stereocenters. The molecule has 0 spiro atoms. The molecule has 5 nitrogen and oxygen atoms in total. The molecule has 0 aromatic heterocycles. The van der Waals surface area contributed by atoms with E-state index in [1.807, 2.05) is 73.7 Å². The molecule has 0 radical (unpaired) electrons. The van der Waals surface area contributed by atoms with E-state index in [1.54, 1.807) is 0 Å². The molecule has 1 aliphatic heterocycles. The number of amides is 1. The summed E-state index contributed by atoms with van der Waals surface area (Å²) in [5, 5.41) is 14.5. The van der Waals surface area contributed by atoms with Crippen molar-refractivity contribution in [1.82, 2.24) is 5.32 Å². The number of halogens is 1. The number of carbonyl (C=O) groups excluding carboxylic acids is 1. The van der Waals surface area contributed by atoms with E-state index in [9.17, 15) is 9.90 Å². The molecule has 1 heterocycles. The average molecular weight is 586 g/mol. The number of nitrogens with one attached hydrogen (secondary N) is 1. The maximum Gasteiger partial charge on any atom is 0.255 e. The minimum absolute atomic E-state index is 0.00403. The Labute approximate surface area is 254 Å². The van der Waals surface area contributed by atoms with E-state index in [0.29, 0.717) is 30.9 Å². The van der Waals surface area contributed by atoms with Crippen molar-refractivity contribution < 1.29 is 19.4 Å². The molecular formula is C36H40ClNO4. The van der Waals surface area contributed by atoms with Gasteiger partial charge in [0.1, 0.15) is 5.75 Å². The Morgan fingerprint density at radius 2 is 1.86 bits per heavy atom. The van der Waals surface area contributed by atoms with Crippen LogP contribution in [0.25, 0.3) is 0 Å². The third kappa shape index (κ3) is 8.34. The van der Waals surface area contributed by atoms with E-state index in [1.165, 1.54) is 0 Å². The van der Waals surface area contributed by atoms with Crippen LogP contribution in [0.4, 0.5) is 0 Å². The van der Waals surface area contributed by atoms with Crippen LogP contribution in [-0.2, 0) is 11.2 Å². The Kier molecular flexibility index (Phi) is 10.5. The van der Waals surface area contributed by atoms with Gasteiger partial charge in [-0.3, -0.25) is 4.79 Å². The number of benzene rings is 3. The maximum absolute atomic E-state index is 12.6. The molecule has 42 heavy (non-hydrogen) atoms. The lowest BCUT2D eigenvalue weighted by atomic mass is 9.89. The van der Waals surface area contributed by atoms with Crippen LogP contribution in [0.3, 0.4) is 0 Å². The van der Waals surface area contributed by atoms with Crippen molar-refractivity contribution in [2.24, 2.45) is 5.92 Å². The van der Waals surface area contributed by atoms with E-state index in [0.717, 1.165) is 65.3 Å². The van der Waals surface area contributed by atoms with Gasteiger partial charge in [0, 0.05) is 22.7 Å². The highest BCUT2D eigenvalue weighted by Crippen LogP contribution is 2.36. The summed E-state index contributed by atoms with van der Waals surface area (Å²) in [5.41, 5.74) is 4.88. The van der Waals surface area contributed by atoms with Gasteiger partial charge in [-0.2, -0.15) is 0 Å². The first-order valence-electron chi connectivity index (χ1n) is 15.0. The van der Waals surface area contributed by atoms with Crippen molar-refractivity contribution in [2.75, 3.05) is 6.61 Å². The SMILES string of the molecule is CCOc1ccc(Cc2cc(C3CC(O)CC(CCCC4C=CC=C(NC(=O)c5ccccc5)C4)O3)ccc2Cl)cc1. The molecule has 0 saturated carbocycles. The Balaban J connectivity index is 1.12. The molecule has 1 saturated heterocycles. The highest BCUT2D eigenvalue weighted by Gasteiger charge is 2.29. The number of carbonyl (C=O) groups is 1. The second-order valence-corrected chi connectivity index (χ2v) is 11.7. The van der Waals surface area contributed by atoms with Gasteiger partial charge in [-0.05, 0) is 98.0 Å². The normalized spacial score (nSPS) is 21.9. The van der Waals surface area contributed by atoms with Crippen LogP contribution in [0.15, 0.2) is 96.7 Å². The minimum atomic E-state index is -0.392. The Bertz CT molecular complexity index is 1390. The number of rotatable bonds is 11. The molecule has 2 aliphatic rings. The van der Waals surface area contributed by atoms with Crippen molar-refractivity contribution >= 4 is 17.5 Å². The molecule has 5 rings (SSSR count). The molecule has 3 aromatic carbocycles. The first kappa shape index (κ1) is 30.1. The fourth-order valence-electron chi connectivity index (χ4n) is 5.86. The fraction of sp³-hybridized carbons (Fsp3) is 0.361. The van der Waals surface area contributed by atoms with Crippen LogP contribution in [0.1, 0.15) is 78.6 Å². The van der Waals surface area contributed by atoms with Gasteiger partial charge in [0.15, 0.2) is 0 Å². The smallest absolute Gasteiger partial charge is 0.255 e. The van der Waals surface area contributed by atoms with Crippen molar-refractivity contribution in [1.29, 1.82) is 0 Å². The Morgan fingerprint density at radius 3 is 2.64 bits per heavy atom. The van der Waals surface area contributed by atoms with Crippen LogP contribution in [0.2, 0.25) is 5.02 Å². The van der Waals surface area contributed by atoms with E-state index in [-0.39, 0.29) is 18.1 Å².